The third-order valence-electron chi connectivity index (χ3n) is 7.16. The standard InChI is InChI=1S/C24H37N3O/c1-19-9-7-13-23(20(19)2)25-24(28)21(3)27-17-15-26(16-18-27)14-8-12-22-10-5-4-6-11-22/h4-6,8,10-12,19-21,23H,7,9,13-18H2,1-3H3,(H,25,28)/p+2/b12-8+/t19-,20+,21+,23+/m0/s1. The van der Waals surface area contributed by atoms with E-state index in [0.29, 0.717) is 12.0 Å². The van der Waals surface area contributed by atoms with Gasteiger partial charge < -0.3 is 15.1 Å². The molecule has 4 atom stereocenters. The largest absolute Gasteiger partial charge is 0.348 e. The van der Waals surface area contributed by atoms with E-state index in [1.807, 2.05) is 0 Å². The summed E-state index contributed by atoms with van der Waals surface area (Å²) in [6.07, 6.45) is 8.20. The first-order chi connectivity index (χ1) is 13.5. The molecule has 1 aliphatic carbocycles. The van der Waals surface area contributed by atoms with E-state index < -0.39 is 0 Å². The molecule has 1 saturated heterocycles. The molecule has 1 saturated carbocycles. The highest BCUT2D eigenvalue weighted by molar-refractivity contribution is 5.80. The van der Waals surface area contributed by atoms with E-state index in [4.69, 9.17) is 0 Å². The van der Waals surface area contributed by atoms with Crippen LogP contribution in [0.3, 0.4) is 0 Å². The van der Waals surface area contributed by atoms with E-state index >= 15 is 0 Å². The van der Waals surface area contributed by atoms with Gasteiger partial charge in [-0.25, -0.2) is 0 Å². The Morgan fingerprint density at radius 3 is 2.57 bits per heavy atom. The van der Waals surface area contributed by atoms with Crippen molar-refractivity contribution in [2.75, 3.05) is 32.7 Å². The molecular weight excluding hydrogens is 346 g/mol. The molecule has 28 heavy (non-hydrogen) atoms. The van der Waals surface area contributed by atoms with Crippen LogP contribution in [0, 0.1) is 11.8 Å². The van der Waals surface area contributed by atoms with Crippen LogP contribution < -0.4 is 15.1 Å². The van der Waals surface area contributed by atoms with E-state index in [1.165, 1.54) is 23.3 Å². The lowest BCUT2D eigenvalue weighted by Crippen LogP contribution is -3.30. The lowest BCUT2D eigenvalue weighted by molar-refractivity contribution is -1.02. The summed E-state index contributed by atoms with van der Waals surface area (Å²) in [6.45, 7) is 12.3. The number of nitrogens with one attached hydrogen (secondary N) is 3. The van der Waals surface area contributed by atoms with Gasteiger partial charge in [0.15, 0.2) is 6.04 Å². The van der Waals surface area contributed by atoms with Crippen molar-refractivity contribution in [2.45, 2.75) is 52.1 Å². The summed E-state index contributed by atoms with van der Waals surface area (Å²) >= 11 is 0. The molecule has 3 N–H and O–H groups in total. The molecule has 0 bridgehead atoms. The van der Waals surface area contributed by atoms with Crippen molar-refractivity contribution < 1.29 is 14.6 Å². The highest BCUT2D eigenvalue weighted by Gasteiger charge is 2.34. The number of carbonyl (C=O) groups excluding carboxylic acids is 1. The molecule has 2 fully saturated rings. The van der Waals surface area contributed by atoms with Gasteiger partial charge in [-0.1, -0.05) is 63.1 Å². The monoisotopic (exact) mass is 385 g/mol. The lowest BCUT2D eigenvalue weighted by Gasteiger charge is -2.36. The molecule has 1 heterocycles. The maximum absolute atomic E-state index is 12.8. The Balaban J connectivity index is 1.41. The van der Waals surface area contributed by atoms with Crippen molar-refractivity contribution in [3.63, 3.8) is 0 Å². The second kappa shape index (κ2) is 10.2. The Kier molecular flexibility index (Phi) is 7.69. The van der Waals surface area contributed by atoms with Crippen molar-refractivity contribution in [1.82, 2.24) is 5.32 Å². The Bertz CT molecular complexity index is 637. The summed E-state index contributed by atoms with van der Waals surface area (Å²) in [5.74, 6) is 1.57. The molecule has 0 spiro atoms. The van der Waals surface area contributed by atoms with E-state index in [1.54, 1.807) is 4.90 Å². The van der Waals surface area contributed by atoms with Crippen molar-refractivity contribution in [2.24, 2.45) is 11.8 Å². The normalized spacial score (nSPS) is 32.2. The van der Waals surface area contributed by atoms with E-state index in [2.05, 4.69) is 68.6 Å². The van der Waals surface area contributed by atoms with Gasteiger partial charge in [-0.3, -0.25) is 4.79 Å². The average Bonchev–Trinajstić information content (AvgIpc) is 2.72. The number of rotatable bonds is 6. The van der Waals surface area contributed by atoms with Gasteiger partial charge >= 0.3 is 0 Å². The van der Waals surface area contributed by atoms with Crippen LogP contribution in [0.25, 0.3) is 6.08 Å². The fourth-order valence-corrected chi connectivity index (χ4v) is 4.77. The van der Waals surface area contributed by atoms with Gasteiger partial charge in [-0.15, -0.1) is 0 Å². The molecule has 3 rings (SSSR count). The quantitative estimate of drug-likeness (QED) is 0.666. The predicted octanol–water partition coefficient (Wildman–Crippen LogP) is 0.813. The molecular formula is C24H39N3O+2. The van der Waals surface area contributed by atoms with Gasteiger partial charge in [-0.2, -0.15) is 0 Å². The minimum atomic E-state index is 0.0610. The third kappa shape index (κ3) is 5.68. The fourth-order valence-electron chi connectivity index (χ4n) is 4.77. The molecule has 1 aromatic rings. The second-order valence-electron chi connectivity index (χ2n) is 9.03. The summed E-state index contributed by atoms with van der Waals surface area (Å²) < 4.78 is 0. The van der Waals surface area contributed by atoms with Crippen molar-refractivity contribution in [1.29, 1.82) is 0 Å². The molecule has 1 aromatic carbocycles. The zero-order chi connectivity index (χ0) is 19.9. The number of hydrogen-bond acceptors (Lipinski definition) is 1. The number of hydrogen-bond donors (Lipinski definition) is 3. The van der Waals surface area contributed by atoms with E-state index in [-0.39, 0.29) is 11.9 Å². The molecule has 4 nitrogen and oxygen atoms in total. The van der Waals surface area contributed by atoms with Gasteiger partial charge in [0.05, 0.1) is 6.54 Å². The maximum atomic E-state index is 12.8. The van der Waals surface area contributed by atoms with Crippen LogP contribution in [0.15, 0.2) is 36.4 Å². The van der Waals surface area contributed by atoms with Crippen LogP contribution in [0.1, 0.15) is 45.6 Å². The number of benzene rings is 1. The smallest absolute Gasteiger partial charge is 0.278 e. The van der Waals surface area contributed by atoms with E-state index in [9.17, 15) is 4.79 Å². The van der Waals surface area contributed by atoms with Crippen LogP contribution in [-0.2, 0) is 4.79 Å². The lowest BCUT2D eigenvalue weighted by atomic mass is 9.78. The minimum Gasteiger partial charge on any atom is -0.348 e. The summed E-state index contributed by atoms with van der Waals surface area (Å²) in [5, 5.41) is 3.38. The SMILES string of the molecule is C[C@@H]1[C@@H](C)CCC[C@H]1NC(=O)[C@@H](C)[NH+]1CC[NH+](C/C=C/c2ccccc2)CC1. The molecule has 1 amide bonds. The van der Waals surface area contributed by atoms with Crippen LogP contribution in [0.4, 0.5) is 0 Å². The van der Waals surface area contributed by atoms with Gasteiger partial charge in [-0.05, 0) is 36.8 Å². The topological polar surface area (TPSA) is 38.0 Å². The number of piperazine rings is 1. The first-order valence-electron chi connectivity index (χ1n) is 11.2. The zero-order valence-corrected chi connectivity index (χ0v) is 17.9. The van der Waals surface area contributed by atoms with Gasteiger partial charge in [0, 0.05) is 6.04 Å². The third-order valence-corrected chi connectivity index (χ3v) is 7.16. The minimum absolute atomic E-state index is 0.0610. The summed E-state index contributed by atoms with van der Waals surface area (Å²) in [7, 11) is 0. The summed E-state index contributed by atoms with van der Waals surface area (Å²) in [6, 6.07) is 10.9. The first-order valence-corrected chi connectivity index (χ1v) is 11.2. The van der Waals surface area contributed by atoms with E-state index in [0.717, 1.165) is 45.1 Å². The second-order valence-corrected chi connectivity index (χ2v) is 9.03. The molecule has 1 aliphatic heterocycles. The Morgan fingerprint density at radius 2 is 1.86 bits per heavy atom. The van der Waals surface area contributed by atoms with Crippen molar-refractivity contribution >= 4 is 12.0 Å². The Labute approximate surface area is 171 Å². The maximum Gasteiger partial charge on any atom is 0.278 e. The van der Waals surface area contributed by atoms with Gasteiger partial charge in [0.2, 0.25) is 0 Å². The Morgan fingerprint density at radius 1 is 1.14 bits per heavy atom. The molecule has 4 heteroatoms. The van der Waals surface area contributed by atoms with Crippen molar-refractivity contribution in [3.05, 3.63) is 42.0 Å². The molecule has 154 valence electrons. The average molecular weight is 386 g/mol. The van der Waals surface area contributed by atoms with Crippen molar-refractivity contribution in [3.8, 4) is 0 Å². The van der Waals surface area contributed by atoms with Gasteiger partial charge in [0.1, 0.15) is 26.2 Å². The fraction of sp³-hybridized carbons (Fsp3) is 0.625. The molecule has 0 unspecified atom stereocenters. The van der Waals surface area contributed by atoms with Crippen LogP contribution in [0.5, 0.6) is 0 Å². The van der Waals surface area contributed by atoms with Crippen LogP contribution in [-0.4, -0.2) is 50.7 Å². The summed E-state index contributed by atoms with van der Waals surface area (Å²) in [4.78, 5) is 15.9. The zero-order valence-electron chi connectivity index (χ0n) is 17.9. The summed E-state index contributed by atoms with van der Waals surface area (Å²) in [5.41, 5.74) is 1.27. The van der Waals surface area contributed by atoms with Crippen LogP contribution in [0.2, 0.25) is 0 Å². The molecule has 0 radical (unpaired) electrons. The highest BCUT2D eigenvalue weighted by Crippen LogP contribution is 2.29. The number of quaternary nitrogens is 2. The molecule has 2 aliphatic rings. The molecule has 0 aromatic heterocycles. The van der Waals surface area contributed by atoms with Gasteiger partial charge in [0.25, 0.3) is 5.91 Å². The first kappa shape index (κ1) is 21.1. The predicted molar refractivity (Wildman–Crippen MR) is 115 cm³/mol. The highest BCUT2D eigenvalue weighted by atomic mass is 16.2. The number of amides is 1. The van der Waals surface area contributed by atoms with Crippen LogP contribution >= 0.6 is 0 Å². The Hall–Kier alpha value is -1.65. The number of carbonyl (C=O) groups is 1.